The van der Waals surface area contributed by atoms with Crippen molar-refractivity contribution in [3.05, 3.63) is 176 Å². The van der Waals surface area contributed by atoms with Gasteiger partial charge in [-0.15, -0.1) is 0 Å². The zero-order valence-corrected chi connectivity index (χ0v) is 25.1. The minimum Gasteiger partial charge on any atom is -0.455 e. The van der Waals surface area contributed by atoms with Crippen molar-refractivity contribution >= 4 is 60.5 Å². The Labute approximate surface area is 267 Å². The first-order chi connectivity index (χ1) is 22.8. The van der Waals surface area contributed by atoms with Crippen LogP contribution in [0.4, 0.5) is 17.1 Å². The molecular weight excluding hydrogens is 558 g/mol. The number of hydrogen-bond acceptors (Lipinski definition) is 2. The monoisotopic (exact) mass is 587 g/mol. The number of hydrogen-bond donors (Lipinski definition) is 0. The van der Waals surface area contributed by atoms with E-state index in [9.17, 15) is 0 Å². The predicted molar refractivity (Wildman–Crippen MR) is 194 cm³/mol. The topological polar surface area (TPSA) is 16.4 Å². The fourth-order valence-corrected chi connectivity index (χ4v) is 6.78. The van der Waals surface area contributed by atoms with Crippen molar-refractivity contribution in [1.29, 1.82) is 0 Å². The summed E-state index contributed by atoms with van der Waals surface area (Å²) < 4.78 is 6.46. The average Bonchev–Trinajstić information content (AvgIpc) is 3.51. The Morgan fingerprint density at radius 3 is 1.67 bits per heavy atom. The van der Waals surface area contributed by atoms with Crippen LogP contribution in [-0.2, 0) is 0 Å². The summed E-state index contributed by atoms with van der Waals surface area (Å²) in [7, 11) is 0. The maximum absolute atomic E-state index is 6.46. The maximum Gasteiger partial charge on any atom is 0.143 e. The second-order valence-corrected chi connectivity index (χ2v) is 11.8. The van der Waals surface area contributed by atoms with Gasteiger partial charge in [-0.3, -0.25) is 0 Å². The second-order valence-electron chi connectivity index (χ2n) is 11.8. The highest BCUT2D eigenvalue weighted by molar-refractivity contribution is 6.15. The molecule has 0 aliphatic carbocycles. The molecule has 0 aliphatic heterocycles. The van der Waals surface area contributed by atoms with Crippen LogP contribution < -0.4 is 4.90 Å². The predicted octanol–water partition coefficient (Wildman–Crippen LogP) is 12.7. The van der Waals surface area contributed by atoms with E-state index in [4.69, 9.17) is 4.42 Å². The molecule has 2 nitrogen and oxygen atoms in total. The first-order valence-corrected chi connectivity index (χ1v) is 15.7. The first-order valence-electron chi connectivity index (χ1n) is 15.7. The van der Waals surface area contributed by atoms with Gasteiger partial charge < -0.3 is 9.32 Å². The summed E-state index contributed by atoms with van der Waals surface area (Å²) in [6.07, 6.45) is 0. The van der Waals surface area contributed by atoms with Gasteiger partial charge in [-0.25, -0.2) is 0 Å². The molecule has 0 saturated heterocycles. The van der Waals surface area contributed by atoms with Crippen LogP contribution in [0.25, 0.3) is 65.7 Å². The third-order valence-electron chi connectivity index (χ3n) is 9.06. The largest absolute Gasteiger partial charge is 0.455 e. The van der Waals surface area contributed by atoms with Gasteiger partial charge in [0.15, 0.2) is 0 Å². The van der Waals surface area contributed by atoms with Crippen LogP contribution in [0.1, 0.15) is 0 Å². The Kier molecular flexibility index (Phi) is 6.17. The molecule has 0 fully saturated rings. The van der Waals surface area contributed by atoms with E-state index in [-0.39, 0.29) is 0 Å². The van der Waals surface area contributed by atoms with Crippen molar-refractivity contribution in [3.8, 4) is 22.3 Å². The number of anilines is 3. The van der Waals surface area contributed by atoms with E-state index in [2.05, 4.69) is 181 Å². The Bertz CT molecular complexity index is 2500. The standard InChI is InChI=1S/C44H29NO/c1-2-12-35(13-3-1)45(37-25-19-33(20-26-37)39-16-8-11-31-9-4-6-14-38(31)39)36-23-17-30(18-24-36)34-22-27-41-42-28-21-32-10-5-7-15-40(32)44(42)46-43(41)29-34/h1-29H. The third kappa shape index (κ3) is 4.43. The lowest BCUT2D eigenvalue weighted by atomic mass is 9.98. The van der Waals surface area contributed by atoms with Crippen molar-refractivity contribution in [3.63, 3.8) is 0 Å². The number of nitrogens with zero attached hydrogens (tertiary/aromatic N) is 1. The summed E-state index contributed by atoms with van der Waals surface area (Å²) in [6, 6.07) is 62.7. The minimum absolute atomic E-state index is 0.908. The molecule has 2 heteroatoms. The van der Waals surface area contributed by atoms with Crippen LogP contribution in [0.5, 0.6) is 0 Å². The van der Waals surface area contributed by atoms with Crippen LogP contribution in [-0.4, -0.2) is 0 Å². The summed E-state index contributed by atoms with van der Waals surface area (Å²) >= 11 is 0. The number of fused-ring (bicyclic) bond motifs is 6. The van der Waals surface area contributed by atoms with Crippen LogP contribution in [0.15, 0.2) is 180 Å². The summed E-state index contributed by atoms with van der Waals surface area (Å²) in [5.41, 5.74) is 9.92. The molecule has 216 valence electrons. The molecule has 9 rings (SSSR count). The van der Waals surface area contributed by atoms with Crippen molar-refractivity contribution < 1.29 is 4.42 Å². The first kappa shape index (κ1) is 26.3. The SMILES string of the molecule is c1ccc(N(c2ccc(-c3ccc4c(c3)oc3c5ccccc5ccc43)cc2)c2ccc(-c3cccc4ccccc34)cc2)cc1. The van der Waals surface area contributed by atoms with Crippen molar-refractivity contribution in [1.82, 2.24) is 0 Å². The van der Waals surface area contributed by atoms with Gasteiger partial charge in [0.1, 0.15) is 11.2 Å². The summed E-state index contributed by atoms with van der Waals surface area (Å²) in [6.45, 7) is 0. The maximum atomic E-state index is 6.46. The lowest BCUT2D eigenvalue weighted by Crippen LogP contribution is -2.09. The molecule has 0 unspecified atom stereocenters. The molecular formula is C44H29NO. The molecule has 0 atom stereocenters. The summed E-state index contributed by atoms with van der Waals surface area (Å²) in [5.74, 6) is 0. The Hall–Kier alpha value is -6.12. The van der Waals surface area contributed by atoms with E-state index >= 15 is 0 Å². The molecule has 0 radical (unpaired) electrons. The lowest BCUT2D eigenvalue weighted by molar-refractivity contribution is 0.673. The van der Waals surface area contributed by atoms with Gasteiger partial charge in [-0.1, -0.05) is 121 Å². The van der Waals surface area contributed by atoms with E-state index in [0.717, 1.165) is 55.5 Å². The van der Waals surface area contributed by atoms with E-state index < -0.39 is 0 Å². The van der Waals surface area contributed by atoms with Crippen LogP contribution in [0.2, 0.25) is 0 Å². The van der Waals surface area contributed by atoms with E-state index in [1.54, 1.807) is 0 Å². The van der Waals surface area contributed by atoms with Gasteiger partial charge >= 0.3 is 0 Å². The minimum atomic E-state index is 0.908. The summed E-state index contributed by atoms with van der Waals surface area (Å²) in [5, 5.41) is 7.15. The van der Waals surface area contributed by atoms with Crippen molar-refractivity contribution in [2.45, 2.75) is 0 Å². The highest BCUT2D eigenvalue weighted by Crippen LogP contribution is 2.39. The van der Waals surface area contributed by atoms with Gasteiger partial charge in [-0.2, -0.15) is 0 Å². The smallest absolute Gasteiger partial charge is 0.143 e. The van der Waals surface area contributed by atoms with Gasteiger partial charge in [0.25, 0.3) is 0 Å². The molecule has 0 amide bonds. The molecule has 1 aromatic heterocycles. The lowest BCUT2D eigenvalue weighted by Gasteiger charge is -2.26. The van der Waals surface area contributed by atoms with Crippen LogP contribution in [0.3, 0.4) is 0 Å². The molecule has 0 bridgehead atoms. The Morgan fingerprint density at radius 1 is 0.348 bits per heavy atom. The van der Waals surface area contributed by atoms with Crippen LogP contribution in [0, 0.1) is 0 Å². The number of benzene rings is 8. The third-order valence-corrected chi connectivity index (χ3v) is 9.06. The fraction of sp³-hybridized carbons (Fsp3) is 0. The normalized spacial score (nSPS) is 11.5. The van der Waals surface area contributed by atoms with E-state index in [1.807, 2.05) is 0 Å². The van der Waals surface area contributed by atoms with Gasteiger partial charge in [0.05, 0.1) is 0 Å². The Balaban J connectivity index is 1.08. The zero-order chi connectivity index (χ0) is 30.5. The van der Waals surface area contributed by atoms with Crippen LogP contribution >= 0.6 is 0 Å². The highest BCUT2D eigenvalue weighted by atomic mass is 16.3. The number of rotatable bonds is 5. The van der Waals surface area contributed by atoms with Gasteiger partial charge in [-0.05, 0) is 93.0 Å². The average molecular weight is 588 g/mol. The number of furan rings is 1. The highest BCUT2D eigenvalue weighted by Gasteiger charge is 2.15. The molecule has 1 heterocycles. The molecule has 46 heavy (non-hydrogen) atoms. The fourth-order valence-electron chi connectivity index (χ4n) is 6.78. The van der Waals surface area contributed by atoms with E-state index in [1.165, 1.54) is 27.3 Å². The molecule has 8 aromatic carbocycles. The van der Waals surface area contributed by atoms with Crippen molar-refractivity contribution in [2.24, 2.45) is 0 Å². The molecule has 9 aromatic rings. The molecule has 0 saturated carbocycles. The van der Waals surface area contributed by atoms with Gasteiger partial charge in [0, 0.05) is 33.2 Å². The molecule has 0 N–H and O–H groups in total. The summed E-state index contributed by atoms with van der Waals surface area (Å²) in [4.78, 5) is 2.31. The number of para-hydroxylation sites is 1. The molecule has 0 aliphatic rings. The second kappa shape index (κ2) is 10.8. The van der Waals surface area contributed by atoms with Gasteiger partial charge in [0.2, 0.25) is 0 Å². The quantitative estimate of drug-likeness (QED) is 0.199. The van der Waals surface area contributed by atoms with Crippen molar-refractivity contribution in [2.75, 3.05) is 4.90 Å². The zero-order valence-electron chi connectivity index (χ0n) is 25.1. The molecule has 0 spiro atoms. The van der Waals surface area contributed by atoms with E-state index in [0.29, 0.717) is 0 Å². The Morgan fingerprint density at radius 2 is 0.913 bits per heavy atom.